The average Bonchev–Trinajstić information content (AvgIpc) is 2.77. The van der Waals surface area contributed by atoms with Crippen LogP contribution in [0, 0.1) is 0 Å². The van der Waals surface area contributed by atoms with Crippen LogP contribution in [0.3, 0.4) is 0 Å². The molecule has 12 nitrogen and oxygen atoms in total. The minimum Gasteiger partial charge on any atom is -0.542 e. The predicted octanol–water partition coefficient (Wildman–Crippen LogP) is -1.46. The van der Waals surface area contributed by atoms with Gasteiger partial charge in [-0.1, -0.05) is 0 Å². The zero-order valence-electron chi connectivity index (χ0n) is 19.3. The molecule has 0 radical (unpaired) electrons. The number of aromatic nitrogens is 1. The fourth-order valence-corrected chi connectivity index (χ4v) is 2.85. The van der Waals surface area contributed by atoms with Crippen LogP contribution in [0.25, 0.3) is 0 Å². The molecule has 0 aliphatic rings. The number of carboxylic acids is 4. The summed E-state index contributed by atoms with van der Waals surface area (Å²) in [7, 11) is 0. The molecule has 1 aromatic heterocycles. The van der Waals surface area contributed by atoms with Gasteiger partial charge in [-0.2, -0.15) is 13.2 Å². The molecule has 0 amide bonds. The second-order valence-corrected chi connectivity index (χ2v) is 7.98. The molecule has 0 fully saturated rings. The zero-order valence-corrected chi connectivity index (χ0v) is 19.3. The van der Waals surface area contributed by atoms with E-state index in [1.807, 2.05) is 23.0 Å². The monoisotopic (exact) mass is 524 g/mol. The summed E-state index contributed by atoms with van der Waals surface area (Å²) in [5.74, 6) is -6.15. The van der Waals surface area contributed by atoms with Crippen LogP contribution in [-0.2, 0) is 38.6 Å². The summed E-state index contributed by atoms with van der Waals surface area (Å²) in [5.41, 5.74) is 18.4. The maximum atomic E-state index is 10.9. The largest absolute Gasteiger partial charge is 0.542 e. The topological polar surface area (TPSA) is 234 Å². The van der Waals surface area contributed by atoms with E-state index in [9.17, 15) is 27.6 Å². The lowest BCUT2D eigenvalue weighted by atomic mass is 10.0. The number of hydrogen-bond acceptors (Lipinski definition) is 8. The van der Waals surface area contributed by atoms with Gasteiger partial charge in [-0.3, -0.25) is 14.4 Å². The fourth-order valence-electron chi connectivity index (χ4n) is 2.85. The molecule has 1 heterocycles. The van der Waals surface area contributed by atoms with E-state index in [0.29, 0.717) is 32.2 Å². The van der Waals surface area contributed by atoms with Crippen molar-refractivity contribution in [2.45, 2.75) is 75.8 Å². The number of nitrogens with zero attached hydrogens (tertiary/aromatic N) is 1. The number of aliphatic carboxylic acids is 4. The number of aryl methyl sites for hydroxylation is 3. The van der Waals surface area contributed by atoms with Crippen molar-refractivity contribution in [2.75, 3.05) is 0 Å². The number of carboxylic acid groups (broad SMARTS) is 4. The molecule has 1 rings (SSSR count). The molecule has 36 heavy (non-hydrogen) atoms. The third kappa shape index (κ3) is 14.2. The van der Waals surface area contributed by atoms with Crippen LogP contribution in [0.1, 0.15) is 43.2 Å². The number of halogens is 3. The van der Waals surface area contributed by atoms with Gasteiger partial charge in [0.2, 0.25) is 0 Å². The van der Waals surface area contributed by atoms with Gasteiger partial charge in [0, 0.05) is 17.5 Å². The van der Waals surface area contributed by atoms with E-state index in [-0.39, 0.29) is 12.8 Å². The SMILES string of the molecule is N[C@@H](CCCC[n+]1cc(CC[C@H](N)C(=O)O)cc(CC[C@H](N)C(=O)O)c1)C(=O)O.O=C([O-])C(F)(F)F. The molecule has 0 unspecified atom stereocenters. The molecular weight excluding hydrogens is 493 g/mol. The van der Waals surface area contributed by atoms with Gasteiger partial charge in [0.25, 0.3) is 0 Å². The first kappa shape index (κ1) is 32.7. The van der Waals surface area contributed by atoms with Crippen LogP contribution in [0.15, 0.2) is 18.5 Å². The summed E-state index contributed by atoms with van der Waals surface area (Å²) in [6, 6.07) is -0.882. The molecule has 0 saturated heterocycles. The van der Waals surface area contributed by atoms with Crippen LogP contribution in [0.2, 0.25) is 0 Å². The van der Waals surface area contributed by atoms with Crippen molar-refractivity contribution in [3.8, 4) is 0 Å². The number of carbonyl (C=O) groups is 4. The van der Waals surface area contributed by atoms with E-state index in [2.05, 4.69) is 0 Å². The van der Waals surface area contributed by atoms with E-state index < -0.39 is 48.2 Å². The minimum atomic E-state index is -5.19. The first-order chi connectivity index (χ1) is 16.5. The summed E-state index contributed by atoms with van der Waals surface area (Å²) < 4.78 is 33.5. The van der Waals surface area contributed by atoms with Crippen molar-refractivity contribution in [3.63, 3.8) is 0 Å². The van der Waals surface area contributed by atoms with E-state index >= 15 is 0 Å². The molecule has 3 atom stereocenters. The Kier molecular flexibility index (Phi) is 14.2. The molecule has 15 heteroatoms. The minimum absolute atomic E-state index is 0.279. The predicted molar refractivity (Wildman–Crippen MR) is 115 cm³/mol. The summed E-state index contributed by atoms with van der Waals surface area (Å²) in [6.45, 7) is 0.628. The van der Waals surface area contributed by atoms with Crippen molar-refractivity contribution in [2.24, 2.45) is 17.2 Å². The number of alkyl halides is 3. The van der Waals surface area contributed by atoms with Crippen molar-refractivity contribution in [1.29, 1.82) is 0 Å². The van der Waals surface area contributed by atoms with Gasteiger partial charge in [0.1, 0.15) is 30.6 Å². The highest BCUT2D eigenvalue weighted by atomic mass is 19.4. The fraction of sp³-hybridized carbons (Fsp3) is 0.571. The van der Waals surface area contributed by atoms with Gasteiger partial charge in [-0.25, -0.2) is 4.57 Å². The number of nitrogens with two attached hydrogens (primary N) is 3. The second kappa shape index (κ2) is 15.6. The molecule has 204 valence electrons. The Hall–Kier alpha value is -3.30. The first-order valence-corrected chi connectivity index (χ1v) is 10.8. The Morgan fingerprint density at radius 3 is 1.50 bits per heavy atom. The Bertz CT molecular complexity index is 856. The van der Waals surface area contributed by atoms with Crippen LogP contribution in [-0.4, -0.2) is 63.5 Å². The standard InChI is InChI=1S/C19H30N4O6.C2HF3O2/c20-14(17(24)25)3-1-2-8-23-10-12(4-6-15(21)18(26)27)9-13(11-23)5-7-16(22)19(28)29;3-2(4,5)1(6)7/h9-11,14-16H,1-8,20-22H2,(H2-,24,25,26,27,28,29);(H,6,7)/t14-,15-,16-;/m0./s1. The molecule has 0 bridgehead atoms. The van der Waals surface area contributed by atoms with E-state index in [1.54, 1.807) is 0 Å². The number of hydrogen-bond donors (Lipinski definition) is 6. The van der Waals surface area contributed by atoms with Crippen LogP contribution < -0.4 is 26.9 Å². The Morgan fingerprint density at radius 1 is 0.806 bits per heavy atom. The maximum absolute atomic E-state index is 10.9. The molecule has 0 aromatic carbocycles. The molecule has 0 saturated carbocycles. The van der Waals surface area contributed by atoms with E-state index in [0.717, 1.165) is 17.5 Å². The molecule has 9 N–H and O–H groups in total. The smallest absolute Gasteiger partial charge is 0.430 e. The van der Waals surface area contributed by atoms with Crippen LogP contribution >= 0.6 is 0 Å². The van der Waals surface area contributed by atoms with Crippen molar-refractivity contribution >= 4 is 23.9 Å². The summed E-state index contributed by atoms with van der Waals surface area (Å²) >= 11 is 0. The first-order valence-electron chi connectivity index (χ1n) is 10.8. The van der Waals surface area contributed by atoms with Gasteiger partial charge >= 0.3 is 24.1 Å². The lowest BCUT2D eigenvalue weighted by Gasteiger charge is -2.10. The summed E-state index contributed by atoms with van der Waals surface area (Å²) in [5, 5.41) is 35.5. The molecule has 0 aliphatic heterocycles. The Labute approximate surface area is 204 Å². The van der Waals surface area contributed by atoms with Gasteiger partial charge in [-0.15, -0.1) is 0 Å². The van der Waals surface area contributed by atoms with E-state index in [4.69, 9.17) is 42.4 Å². The average molecular weight is 524 g/mol. The number of unbranched alkanes of at least 4 members (excludes halogenated alkanes) is 1. The highest BCUT2D eigenvalue weighted by Gasteiger charge is 2.28. The summed E-state index contributed by atoms with van der Waals surface area (Å²) in [6.07, 6.45) is 1.84. The van der Waals surface area contributed by atoms with Gasteiger partial charge in [0.15, 0.2) is 12.4 Å². The highest BCUT2D eigenvalue weighted by Crippen LogP contribution is 2.12. The third-order valence-electron chi connectivity index (χ3n) is 4.89. The quantitative estimate of drug-likeness (QED) is 0.122. The highest BCUT2D eigenvalue weighted by molar-refractivity contribution is 5.73. The summed E-state index contributed by atoms with van der Waals surface area (Å²) in [4.78, 5) is 41.4. The Morgan fingerprint density at radius 2 is 1.17 bits per heavy atom. The van der Waals surface area contributed by atoms with Crippen molar-refractivity contribution in [1.82, 2.24) is 0 Å². The van der Waals surface area contributed by atoms with Crippen LogP contribution in [0.4, 0.5) is 13.2 Å². The number of carbonyl (C=O) groups excluding carboxylic acids is 1. The van der Waals surface area contributed by atoms with E-state index in [1.165, 1.54) is 0 Å². The van der Waals surface area contributed by atoms with Gasteiger partial charge < -0.3 is 42.4 Å². The molecule has 0 aliphatic carbocycles. The van der Waals surface area contributed by atoms with Gasteiger partial charge in [0.05, 0.1) is 0 Å². The number of rotatable bonds is 14. The lowest BCUT2D eigenvalue weighted by molar-refractivity contribution is -0.698. The normalized spacial score (nSPS) is 13.6. The van der Waals surface area contributed by atoms with Gasteiger partial charge in [-0.05, 0) is 44.6 Å². The zero-order chi connectivity index (χ0) is 28.1. The molecule has 1 aromatic rings. The van der Waals surface area contributed by atoms with Crippen molar-refractivity contribution < 1.29 is 57.3 Å². The van der Waals surface area contributed by atoms with Crippen LogP contribution in [0.5, 0.6) is 0 Å². The van der Waals surface area contributed by atoms with Crippen molar-refractivity contribution in [3.05, 3.63) is 29.6 Å². The maximum Gasteiger partial charge on any atom is 0.430 e. The molecule has 0 spiro atoms. The Balaban J connectivity index is 0.00000152. The number of pyridine rings is 1. The lowest BCUT2D eigenvalue weighted by Crippen LogP contribution is -2.37. The second-order valence-electron chi connectivity index (χ2n) is 7.98. The third-order valence-corrected chi connectivity index (χ3v) is 4.89. The molecular formula is C21H31F3N4O8.